The highest BCUT2D eigenvalue weighted by atomic mass is 16.7. The molecule has 1 aromatic heterocycles. The van der Waals surface area contributed by atoms with Crippen LogP contribution < -0.4 is 15.8 Å². The largest absolute Gasteiger partial charge is 0.494 e. The van der Waals surface area contributed by atoms with Crippen molar-refractivity contribution in [1.82, 2.24) is 4.57 Å². The van der Waals surface area contributed by atoms with E-state index in [9.17, 15) is 0 Å². The molecule has 6 aromatic carbocycles. The summed E-state index contributed by atoms with van der Waals surface area (Å²) in [6.07, 6.45) is 0. The van der Waals surface area contributed by atoms with E-state index < -0.39 is 36.6 Å². The molecule has 3 heterocycles. The number of anilines is 3. The number of aryl methyl sites for hydroxylation is 1. The average molecular weight is 753 g/mol. The molecule has 2 aliphatic heterocycles. The lowest BCUT2D eigenvalue weighted by Gasteiger charge is -2.32. The summed E-state index contributed by atoms with van der Waals surface area (Å²) in [7, 11) is -0.865. The first-order valence-electron chi connectivity index (χ1n) is 20.0. The van der Waals surface area contributed by atoms with Crippen molar-refractivity contribution in [2.75, 3.05) is 4.90 Å². The normalized spacial score (nSPS) is 18.1. The predicted molar refractivity (Wildman–Crippen MR) is 237 cm³/mol. The lowest BCUT2D eigenvalue weighted by Crippen LogP contribution is -2.41. The second-order valence-electron chi connectivity index (χ2n) is 17.7. The van der Waals surface area contributed by atoms with Crippen molar-refractivity contribution in [2.45, 2.75) is 84.7 Å². The summed E-state index contributed by atoms with van der Waals surface area (Å²) in [6.45, 7) is 18.8. The second kappa shape index (κ2) is 13.5. The third-order valence-corrected chi connectivity index (χ3v) is 12.8. The summed E-state index contributed by atoms with van der Waals surface area (Å²) >= 11 is 0. The highest BCUT2D eigenvalue weighted by molar-refractivity contribution is 6.62. The van der Waals surface area contributed by atoms with Gasteiger partial charge in [-0.2, -0.15) is 0 Å². The van der Waals surface area contributed by atoms with Gasteiger partial charge in [-0.3, -0.25) is 0 Å². The van der Waals surface area contributed by atoms with E-state index >= 15 is 0 Å². The molecule has 0 atom stereocenters. The van der Waals surface area contributed by atoms with E-state index in [-0.39, 0.29) is 0 Å². The van der Waals surface area contributed by atoms with Crippen LogP contribution in [0, 0.1) is 6.92 Å². The van der Waals surface area contributed by atoms with Crippen LogP contribution in [-0.4, -0.2) is 41.2 Å². The second-order valence-corrected chi connectivity index (χ2v) is 17.7. The summed E-state index contributed by atoms with van der Waals surface area (Å²) in [5.74, 6) is 0. The minimum absolute atomic E-state index is 0.412. The monoisotopic (exact) mass is 752 g/mol. The Balaban J connectivity index is 1.08. The smallest absolute Gasteiger partial charge is 0.399 e. The Morgan fingerprint density at radius 1 is 0.439 bits per heavy atom. The van der Waals surface area contributed by atoms with E-state index in [4.69, 9.17) is 18.6 Å². The van der Waals surface area contributed by atoms with Gasteiger partial charge in [0.15, 0.2) is 0 Å². The molecule has 7 aromatic rings. The molecule has 2 aliphatic rings. The first-order valence-corrected chi connectivity index (χ1v) is 20.0. The molecule has 0 aliphatic carbocycles. The highest BCUT2D eigenvalue weighted by Crippen LogP contribution is 2.40. The maximum Gasteiger partial charge on any atom is 0.494 e. The molecule has 0 saturated carbocycles. The zero-order valence-corrected chi connectivity index (χ0v) is 34.5. The van der Waals surface area contributed by atoms with Crippen LogP contribution in [0.4, 0.5) is 17.1 Å². The predicted octanol–water partition coefficient (Wildman–Crippen LogP) is 10.8. The van der Waals surface area contributed by atoms with Gasteiger partial charge in [0, 0.05) is 33.5 Å². The van der Waals surface area contributed by atoms with E-state index in [1.54, 1.807) is 0 Å². The van der Waals surface area contributed by atoms with Gasteiger partial charge in [-0.15, -0.1) is 0 Å². The number of hydrogen-bond donors (Lipinski definition) is 0. The molecule has 0 radical (unpaired) electrons. The molecule has 9 rings (SSSR count). The fraction of sp³-hybridized carbons (Fsp3) is 0.265. The summed E-state index contributed by atoms with van der Waals surface area (Å²) in [5.41, 5.74) is 10.5. The van der Waals surface area contributed by atoms with Gasteiger partial charge >= 0.3 is 14.2 Å². The van der Waals surface area contributed by atoms with Crippen molar-refractivity contribution in [1.29, 1.82) is 0 Å². The van der Waals surface area contributed by atoms with Crippen molar-refractivity contribution < 1.29 is 18.6 Å². The quantitative estimate of drug-likeness (QED) is 0.152. The fourth-order valence-electron chi connectivity index (χ4n) is 7.89. The molecule has 0 unspecified atom stereocenters. The Morgan fingerprint density at radius 3 is 1.35 bits per heavy atom. The number of nitrogens with zero attached hydrogens (tertiary/aromatic N) is 2. The van der Waals surface area contributed by atoms with Crippen molar-refractivity contribution in [3.05, 3.63) is 145 Å². The highest BCUT2D eigenvalue weighted by Gasteiger charge is 2.52. The Kier molecular flexibility index (Phi) is 8.87. The molecule has 0 amide bonds. The third kappa shape index (κ3) is 6.49. The molecule has 0 bridgehead atoms. The first-order chi connectivity index (χ1) is 27.1. The Hall–Kier alpha value is -5.11. The van der Waals surface area contributed by atoms with Crippen LogP contribution in [0.2, 0.25) is 0 Å². The molecule has 8 heteroatoms. The molecule has 286 valence electrons. The van der Waals surface area contributed by atoms with Crippen LogP contribution in [0.5, 0.6) is 0 Å². The SMILES string of the molecule is Cc1ccc(-n2c3ccccc3c3ccc(-c4ccc(N(c5ccc(B6OC(C)(C)C(C)(C)O6)cc5)c5ccc(B6OC(C)(C)C(C)(C)O6)cc5)cc4)cc32)cc1. The van der Waals surface area contributed by atoms with Crippen molar-refractivity contribution in [3.63, 3.8) is 0 Å². The molecule has 0 N–H and O–H groups in total. The maximum atomic E-state index is 6.39. The van der Waals surface area contributed by atoms with Gasteiger partial charge in [0.2, 0.25) is 0 Å². The summed E-state index contributed by atoms with van der Waals surface area (Å²) < 4.78 is 27.9. The van der Waals surface area contributed by atoms with E-state index in [0.717, 1.165) is 44.8 Å². The number of fused-ring (bicyclic) bond motifs is 3. The topological polar surface area (TPSA) is 45.1 Å². The fourth-order valence-corrected chi connectivity index (χ4v) is 7.89. The van der Waals surface area contributed by atoms with Crippen LogP contribution in [0.1, 0.15) is 61.0 Å². The van der Waals surface area contributed by atoms with Crippen molar-refractivity contribution >= 4 is 64.0 Å². The molecule has 2 saturated heterocycles. The van der Waals surface area contributed by atoms with Crippen LogP contribution in [0.25, 0.3) is 38.6 Å². The molecule has 2 fully saturated rings. The van der Waals surface area contributed by atoms with Gasteiger partial charge in [-0.25, -0.2) is 0 Å². The Bertz CT molecular complexity index is 2480. The minimum Gasteiger partial charge on any atom is -0.399 e. The van der Waals surface area contributed by atoms with Crippen LogP contribution in [0.15, 0.2) is 140 Å². The van der Waals surface area contributed by atoms with Gasteiger partial charge in [0.05, 0.1) is 33.4 Å². The Morgan fingerprint density at radius 2 is 0.860 bits per heavy atom. The summed E-state index contributed by atoms with van der Waals surface area (Å²) in [5, 5.41) is 2.49. The zero-order valence-electron chi connectivity index (χ0n) is 34.5. The lowest BCUT2D eigenvalue weighted by molar-refractivity contribution is 0.00578. The maximum absolute atomic E-state index is 6.39. The van der Waals surface area contributed by atoms with Gasteiger partial charge in [-0.1, -0.05) is 84.4 Å². The number of aromatic nitrogens is 1. The van der Waals surface area contributed by atoms with Crippen LogP contribution in [-0.2, 0) is 18.6 Å². The lowest BCUT2D eigenvalue weighted by atomic mass is 9.79. The molecular weight excluding hydrogens is 702 g/mol. The third-order valence-electron chi connectivity index (χ3n) is 12.8. The standard InChI is InChI=1S/C49H50B2N2O4/c1-33-14-23-41(24-15-33)53-44-13-11-10-12-42(44)43-31-18-35(32-45(43)53)34-16-25-38(26-17-34)52(39-27-19-36(20-28-39)50-54-46(2,3)47(4,5)55-50)40-29-21-37(22-30-40)51-56-48(6,7)49(8,9)57-51/h10-32H,1-9H3. The van der Waals surface area contributed by atoms with E-state index in [0.29, 0.717) is 0 Å². The minimum atomic E-state index is -0.432. The summed E-state index contributed by atoms with van der Waals surface area (Å²) in [4.78, 5) is 2.28. The molecule has 0 spiro atoms. The van der Waals surface area contributed by atoms with Crippen LogP contribution >= 0.6 is 0 Å². The zero-order chi connectivity index (χ0) is 39.9. The Labute approximate surface area is 337 Å². The first kappa shape index (κ1) is 37.5. The van der Waals surface area contributed by atoms with E-state index in [1.807, 2.05) is 0 Å². The average Bonchev–Trinajstić information content (AvgIpc) is 3.72. The van der Waals surface area contributed by atoms with E-state index in [1.165, 1.54) is 27.4 Å². The van der Waals surface area contributed by atoms with Gasteiger partial charge in [-0.05, 0) is 145 Å². The number of para-hydroxylation sites is 1. The number of hydrogen-bond acceptors (Lipinski definition) is 5. The molecule has 57 heavy (non-hydrogen) atoms. The number of rotatable bonds is 7. The van der Waals surface area contributed by atoms with Gasteiger partial charge in [0.25, 0.3) is 0 Å². The van der Waals surface area contributed by atoms with E-state index in [2.05, 4.69) is 211 Å². The van der Waals surface area contributed by atoms with Crippen molar-refractivity contribution in [2.24, 2.45) is 0 Å². The van der Waals surface area contributed by atoms with Crippen LogP contribution in [0.3, 0.4) is 0 Å². The molecular formula is C49H50B2N2O4. The molecule has 6 nitrogen and oxygen atoms in total. The van der Waals surface area contributed by atoms with Gasteiger partial charge in [0.1, 0.15) is 0 Å². The number of benzene rings is 6. The van der Waals surface area contributed by atoms with Gasteiger partial charge < -0.3 is 28.1 Å². The van der Waals surface area contributed by atoms with Crippen molar-refractivity contribution in [3.8, 4) is 16.8 Å². The summed E-state index contributed by atoms with van der Waals surface area (Å²) in [6, 6.07) is 50.2.